The highest BCUT2D eigenvalue weighted by molar-refractivity contribution is 9.10. The Morgan fingerprint density at radius 3 is 2.42 bits per heavy atom. The molecule has 1 N–H and O–H groups in total. The number of ether oxygens (including phenoxy) is 1. The van der Waals surface area contributed by atoms with Crippen LogP contribution in [0.5, 0.6) is 5.75 Å². The van der Waals surface area contributed by atoms with Crippen LogP contribution in [0.3, 0.4) is 0 Å². The second kappa shape index (κ2) is 7.91. The van der Waals surface area contributed by atoms with Crippen LogP contribution in [0.2, 0.25) is 0 Å². The lowest BCUT2D eigenvalue weighted by Crippen LogP contribution is -2.35. The molecule has 0 bridgehead atoms. The third-order valence-electron chi connectivity index (χ3n) is 3.21. The van der Waals surface area contributed by atoms with Crippen LogP contribution in [-0.2, 0) is 0 Å². The average Bonchev–Trinajstić information content (AvgIpc) is 2.35. The van der Waals surface area contributed by atoms with Gasteiger partial charge in [-0.15, -0.1) is 0 Å². The summed E-state index contributed by atoms with van der Waals surface area (Å²) in [4.78, 5) is 0. The van der Waals surface area contributed by atoms with Crippen LogP contribution in [0.1, 0.15) is 46.1 Å². The Morgan fingerprint density at radius 1 is 1.21 bits per heavy atom. The van der Waals surface area contributed by atoms with Gasteiger partial charge in [0.1, 0.15) is 11.9 Å². The summed E-state index contributed by atoms with van der Waals surface area (Å²) in [5.41, 5.74) is 1.26. The van der Waals surface area contributed by atoms with Gasteiger partial charge in [-0.05, 0) is 42.1 Å². The molecule has 1 aromatic rings. The van der Waals surface area contributed by atoms with Crippen LogP contribution in [0.4, 0.5) is 0 Å². The molecular formula is C16H26BrNO. The van der Waals surface area contributed by atoms with Gasteiger partial charge in [0.15, 0.2) is 0 Å². The zero-order valence-corrected chi connectivity index (χ0v) is 14.3. The zero-order chi connectivity index (χ0) is 14.4. The molecule has 0 fully saturated rings. The molecule has 0 aliphatic rings. The van der Waals surface area contributed by atoms with Crippen molar-refractivity contribution in [3.05, 3.63) is 28.2 Å². The van der Waals surface area contributed by atoms with Gasteiger partial charge in [-0.1, -0.05) is 50.5 Å². The Labute approximate surface area is 126 Å². The van der Waals surface area contributed by atoms with Gasteiger partial charge in [0.25, 0.3) is 0 Å². The molecule has 0 heterocycles. The summed E-state index contributed by atoms with van der Waals surface area (Å²) in [6, 6.07) is 6.28. The van der Waals surface area contributed by atoms with Gasteiger partial charge in [-0.3, -0.25) is 0 Å². The highest BCUT2D eigenvalue weighted by Gasteiger charge is 2.17. The van der Waals surface area contributed by atoms with E-state index in [4.69, 9.17) is 4.74 Å². The predicted molar refractivity (Wildman–Crippen MR) is 86.0 cm³/mol. The molecule has 0 saturated heterocycles. The van der Waals surface area contributed by atoms with Crippen molar-refractivity contribution in [3.63, 3.8) is 0 Å². The summed E-state index contributed by atoms with van der Waals surface area (Å²) in [5, 5.41) is 3.38. The molecule has 1 rings (SSSR count). The number of rotatable bonds is 7. The van der Waals surface area contributed by atoms with Gasteiger partial charge < -0.3 is 10.1 Å². The first-order chi connectivity index (χ1) is 8.95. The van der Waals surface area contributed by atoms with E-state index in [2.05, 4.69) is 68.0 Å². The Hall–Kier alpha value is -0.540. The molecule has 0 radical (unpaired) electrons. The molecule has 0 saturated carbocycles. The SMILES string of the molecule is CCNCC(Oc1ccc(Br)cc1C(C)C)C(C)C. The highest BCUT2D eigenvalue weighted by atomic mass is 79.9. The summed E-state index contributed by atoms with van der Waals surface area (Å²) >= 11 is 3.53. The van der Waals surface area contributed by atoms with Crippen molar-refractivity contribution in [3.8, 4) is 5.75 Å². The molecule has 0 aliphatic heterocycles. The minimum Gasteiger partial charge on any atom is -0.489 e. The minimum absolute atomic E-state index is 0.207. The van der Waals surface area contributed by atoms with Crippen LogP contribution in [0, 0.1) is 5.92 Å². The fourth-order valence-corrected chi connectivity index (χ4v) is 2.32. The number of likely N-dealkylation sites (N-methyl/N-ethyl adjacent to an activating group) is 1. The second-order valence-corrected chi connectivity index (χ2v) is 6.46. The van der Waals surface area contributed by atoms with E-state index in [9.17, 15) is 0 Å². The van der Waals surface area contributed by atoms with Crippen molar-refractivity contribution in [1.29, 1.82) is 0 Å². The standard InChI is InChI=1S/C16H26BrNO/c1-6-18-10-16(12(4)5)19-15-8-7-13(17)9-14(15)11(2)3/h7-9,11-12,16,18H,6,10H2,1-5H3. The van der Waals surface area contributed by atoms with Crippen LogP contribution >= 0.6 is 15.9 Å². The fourth-order valence-electron chi connectivity index (χ4n) is 1.94. The molecule has 1 unspecified atom stereocenters. The van der Waals surface area contributed by atoms with Gasteiger partial charge in [-0.2, -0.15) is 0 Å². The maximum atomic E-state index is 6.24. The smallest absolute Gasteiger partial charge is 0.123 e. The molecule has 0 spiro atoms. The molecule has 0 aromatic heterocycles. The van der Waals surface area contributed by atoms with Crippen molar-refractivity contribution in [2.24, 2.45) is 5.92 Å². The van der Waals surface area contributed by atoms with Crippen LogP contribution in [0.15, 0.2) is 22.7 Å². The summed E-state index contributed by atoms with van der Waals surface area (Å²) in [6.07, 6.45) is 0.207. The lowest BCUT2D eigenvalue weighted by molar-refractivity contribution is 0.148. The Balaban J connectivity index is 2.89. The summed E-state index contributed by atoms with van der Waals surface area (Å²) in [7, 11) is 0. The molecule has 1 atom stereocenters. The van der Waals surface area contributed by atoms with Gasteiger partial charge in [0, 0.05) is 11.0 Å². The zero-order valence-electron chi connectivity index (χ0n) is 12.7. The summed E-state index contributed by atoms with van der Waals surface area (Å²) in [5.74, 6) is 1.96. The van der Waals surface area contributed by atoms with Gasteiger partial charge in [0.2, 0.25) is 0 Å². The molecule has 3 heteroatoms. The van der Waals surface area contributed by atoms with E-state index >= 15 is 0 Å². The van der Waals surface area contributed by atoms with E-state index in [0.29, 0.717) is 11.8 Å². The van der Waals surface area contributed by atoms with Crippen molar-refractivity contribution in [1.82, 2.24) is 5.32 Å². The number of nitrogens with one attached hydrogen (secondary N) is 1. The lowest BCUT2D eigenvalue weighted by atomic mass is 10.0. The number of hydrogen-bond acceptors (Lipinski definition) is 2. The van der Waals surface area contributed by atoms with Gasteiger partial charge >= 0.3 is 0 Å². The first kappa shape index (κ1) is 16.5. The third kappa shape index (κ3) is 5.15. The molecule has 2 nitrogen and oxygen atoms in total. The van der Waals surface area contributed by atoms with E-state index in [-0.39, 0.29) is 6.10 Å². The number of benzene rings is 1. The Kier molecular flexibility index (Phi) is 6.87. The van der Waals surface area contributed by atoms with Gasteiger partial charge in [0.05, 0.1) is 0 Å². The molecule has 108 valence electrons. The average molecular weight is 328 g/mol. The predicted octanol–water partition coefficient (Wildman–Crippen LogP) is 4.59. The third-order valence-corrected chi connectivity index (χ3v) is 3.70. The van der Waals surface area contributed by atoms with E-state index in [1.807, 2.05) is 6.07 Å². The Bertz CT molecular complexity index is 390. The van der Waals surface area contributed by atoms with Crippen LogP contribution in [-0.4, -0.2) is 19.2 Å². The second-order valence-electron chi connectivity index (χ2n) is 5.54. The monoisotopic (exact) mass is 327 g/mol. The quantitative estimate of drug-likeness (QED) is 0.791. The van der Waals surface area contributed by atoms with E-state index in [1.165, 1.54) is 5.56 Å². The minimum atomic E-state index is 0.207. The molecule has 1 aromatic carbocycles. The maximum absolute atomic E-state index is 6.24. The lowest BCUT2D eigenvalue weighted by Gasteiger charge is -2.25. The summed E-state index contributed by atoms with van der Waals surface area (Å²) in [6.45, 7) is 12.8. The molecular weight excluding hydrogens is 302 g/mol. The topological polar surface area (TPSA) is 21.3 Å². The van der Waals surface area contributed by atoms with Crippen molar-refractivity contribution < 1.29 is 4.74 Å². The number of hydrogen-bond donors (Lipinski definition) is 1. The maximum Gasteiger partial charge on any atom is 0.123 e. The van der Waals surface area contributed by atoms with E-state index < -0.39 is 0 Å². The Morgan fingerprint density at radius 2 is 1.89 bits per heavy atom. The first-order valence-electron chi connectivity index (χ1n) is 7.12. The molecule has 0 aliphatic carbocycles. The largest absolute Gasteiger partial charge is 0.489 e. The fraction of sp³-hybridized carbons (Fsp3) is 0.625. The molecule has 19 heavy (non-hydrogen) atoms. The normalized spacial score (nSPS) is 13.1. The van der Waals surface area contributed by atoms with Crippen LogP contribution in [0.25, 0.3) is 0 Å². The van der Waals surface area contributed by atoms with Gasteiger partial charge in [-0.25, -0.2) is 0 Å². The van der Waals surface area contributed by atoms with E-state index in [0.717, 1.165) is 23.3 Å². The van der Waals surface area contributed by atoms with Crippen molar-refractivity contribution in [2.45, 2.75) is 46.6 Å². The first-order valence-corrected chi connectivity index (χ1v) is 7.91. The van der Waals surface area contributed by atoms with Crippen molar-refractivity contribution >= 4 is 15.9 Å². The summed E-state index contributed by atoms with van der Waals surface area (Å²) < 4.78 is 7.35. The van der Waals surface area contributed by atoms with Crippen LogP contribution < -0.4 is 10.1 Å². The van der Waals surface area contributed by atoms with Crippen molar-refractivity contribution in [2.75, 3.05) is 13.1 Å². The molecule has 0 amide bonds. The number of halogens is 1. The highest BCUT2D eigenvalue weighted by Crippen LogP contribution is 2.30. The van der Waals surface area contributed by atoms with E-state index in [1.54, 1.807) is 0 Å².